The number of rotatable bonds is 9. The number of amides is 2. The van der Waals surface area contributed by atoms with Crippen LogP contribution in [0.25, 0.3) is 0 Å². The maximum Gasteiger partial charge on any atom is 0.323 e. The molecule has 0 unspecified atom stereocenters. The van der Waals surface area contributed by atoms with Gasteiger partial charge in [-0.2, -0.15) is 0 Å². The first-order valence-corrected chi connectivity index (χ1v) is 6.36. The van der Waals surface area contributed by atoms with Crippen molar-refractivity contribution in [1.82, 2.24) is 10.2 Å². The van der Waals surface area contributed by atoms with E-state index in [0.717, 1.165) is 32.1 Å². The second-order valence-corrected chi connectivity index (χ2v) is 4.11. The van der Waals surface area contributed by atoms with Crippen molar-refractivity contribution in [3.8, 4) is 0 Å². The maximum absolute atomic E-state index is 11.7. The van der Waals surface area contributed by atoms with Crippen LogP contribution >= 0.6 is 0 Å². The van der Waals surface area contributed by atoms with Crippen molar-refractivity contribution in [3.63, 3.8) is 0 Å². The van der Waals surface area contributed by atoms with Gasteiger partial charge in [-0.3, -0.25) is 4.79 Å². The molecule has 5 heteroatoms. The third-order valence-corrected chi connectivity index (χ3v) is 2.42. The Hall–Kier alpha value is -1.26. The fourth-order valence-electron chi connectivity index (χ4n) is 1.49. The second kappa shape index (κ2) is 9.93. The zero-order chi connectivity index (χ0) is 13.1. The minimum Gasteiger partial charge on any atom is -0.480 e. The summed E-state index contributed by atoms with van der Waals surface area (Å²) >= 11 is 0. The minimum absolute atomic E-state index is 0.221. The van der Waals surface area contributed by atoms with E-state index in [1.165, 1.54) is 4.90 Å². The van der Waals surface area contributed by atoms with Crippen LogP contribution in [-0.4, -0.2) is 41.6 Å². The van der Waals surface area contributed by atoms with E-state index >= 15 is 0 Å². The molecule has 0 aromatic rings. The number of carboxylic acid groups (broad SMARTS) is 1. The van der Waals surface area contributed by atoms with E-state index in [1.54, 1.807) is 0 Å². The van der Waals surface area contributed by atoms with Crippen molar-refractivity contribution < 1.29 is 14.7 Å². The summed E-state index contributed by atoms with van der Waals surface area (Å²) in [5.74, 6) is -0.966. The highest BCUT2D eigenvalue weighted by molar-refractivity contribution is 5.80. The van der Waals surface area contributed by atoms with Crippen molar-refractivity contribution >= 4 is 12.0 Å². The van der Waals surface area contributed by atoms with Gasteiger partial charge in [-0.05, 0) is 12.8 Å². The van der Waals surface area contributed by atoms with Crippen LogP contribution in [0, 0.1) is 0 Å². The van der Waals surface area contributed by atoms with Gasteiger partial charge in [0, 0.05) is 13.1 Å². The first-order chi connectivity index (χ1) is 8.11. The van der Waals surface area contributed by atoms with Crippen LogP contribution in [0.3, 0.4) is 0 Å². The van der Waals surface area contributed by atoms with Gasteiger partial charge in [-0.1, -0.05) is 33.1 Å². The van der Waals surface area contributed by atoms with Crippen LogP contribution in [0.2, 0.25) is 0 Å². The van der Waals surface area contributed by atoms with Gasteiger partial charge in [0.2, 0.25) is 0 Å². The molecule has 17 heavy (non-hydrogen) atoms. The Morgan fingerprint density at radius 2 is 1.82 bits per heavy atom. The third-order valence-electron chi connectivity index (χ3n) is 2.42. The molecule has 2 N–H and O–H groups in total. The molecule has 0 aromatic carbocycles. The summed E-state index contributed by atoms with van der Waals surface area (Å²) in [5.41, 5.74) is 0. The van der Waals surface area contributed by atoms with Gasteiger partial charge in [0.05, 0.1) is 0 Å². The standard InChI is InChI=1S/C12H24N2O3/c1-3-5-6-7-9-14(10-11(15)16)12(17)13-8-4-2/h3-10H2,1-2H3,(H,13,17)(H,15,16). The Bertz CT molecular complexity index is 232. The lowest BCUT2D eigenvalue weighted by molar-refractivity contribution is -0.137. The molecule has 0 fully saturated rings. The number of hydrogen-bond acceptors (Lipinski definition) is 2. The average Bonchev–Trinajstić information content (AvgIpc) is 2.29. The van der Waals surface area contributed by atoms with E-state index in [1.807, 2.05) is 6.92 Å². The lowest BCUT2D eigenvalue weighted by atomic mass is 10.2. The second-order valence-electron chi connectivity index (χ2n) is 4.11. The van der Waals surface area contributed by atoms with E-state index in [9.17, 15) is 9.59 Å². The normalized spacial score (nSPS) is 10.0. The molecule has 0 saturated heterocycles. The van der Waals surface area contributed by atoms with E-state index in [-0.39, 0.29) is 12.6 Å². The molecule has 0 bridgehead atoms. The lowest BCUT2D eigenvalue weighted by Gasteiger charge is -2.21. The predicted molar refractivity (Wildman–Crippen MR) is 67.0 cm³/mol. The molecule has 0 saturated carbocycles. The molecule has 0 aliphatic carbocycles. The average molecular weight is 244 g/mol. The summed E-state index contributed by atoms with van der Waals surface area (Å²) in [6, 6.07) is -0.272. The van der Waals surface area contributed by atoms with Crippen LogP contribution in [0.5, 0.6) is 0 Å². The summed E-state index contributed by atoms with van der Waals surface area (Å²) in [6.07, 6.45) is 5.00. The van der Waals surface area contributed by atoms with Gasteiger partial charge in [-0.25, -0.2) is 4.79 Å². The Balaban J connectivity index is 4.03. The van der Waals surface area contributed by atoms with Gasteiger partial charge in [0.1, 0.15) is 6.54 Å². The summed E-state index contributed by atoms with van der Waals surface area (Å²) in [6.45, 7) is 4.96. The molecule has 0 aliphatic rings. The number of unbranched alkanes of at least 4 members (excludes halogenated alkanes) is 3. The number of nitrogens with one attached hydrogen (secondary N) is 1. The van der Waals surface area contributed by atoms with Crippen molar-refractivity contribution in [3.05, 3.63) is 0 Å². The Kier molecular flexibility index (Phi) is 9.19. The topological polar surface area (TPSA) is 69.6 Å². The van der Waals surface area contributed by atoms with Crippen molar-refractivity contribution in [2.24, 2.45) is 0 Å². The first-order valence-electron chi connectivity index (χ1n) is 6.36. The van der Waals surface area contributed by atoms with Gasteiger partial charge >= 0.3 is 12.0 Å². The highest BCUT2D eigenvalue weighted by atomic mass is 16.4. The van der Waals surface area contributed by atoms with Gasteiger partial charge < -0.3 is 15.3 Å². The number of carboxylic acids is 1. The monoisotopic (exact) mass is 244 g/mol. The van der Waals surface area contributed by atoms with Crippen LogP contribution in [-0.2, 0) is 4.79 Å². The Labute approximate surface area is 103 Å². The molecule has 0 spiro atoms. The third kappa shape index (κ3) is 8.54. The highest BCUT2D eigenvalue weighted by Crippen LogP contribution is 2.01. The number of aliphatic carboxylic acids is 1. The summed E-state index contributed by atoms with van der Waals surface area (Å²) in [7, 11) is 0. The molecule has 0 aromatic heterocycles. The van der Waals surface area contributed by atoms with E-state index in [0.29, 0.717) is 13.1 Å². The fourth-order valence-corrected chi connectivity index (χ4v) is 1.49. The van der Waals surface area contributed by atoms with Crippen molar-refractivity contribution in [2.45, 2.75) is 46.0 Å². The molecule has 0 aliphatic heterocycles. The molecule has 0 heterocycles. The summed E-state index contributed by atoms with van der Waals surface area (Å²) < 4.78 is 0. The highest BCUT2D eigenvalue weighted by Gasteiger charge is 2.15. The number of nitrogens with zero attached hydrogens (tertiary/aromatic N) is 1. The van der Waals surface area contributed by atoms with Gasteiger partial charge in [-0.15, -0.1) is 0 Å². The van der Waals surface area contributed by atoms with Crippen LogP contribution in [0.4, 0.5) is 4.79 Å². The molecular weight excluding hydrogens is 220 g/mol. The Morgan fingerprint density at radius 1 is 1.12 bits per heavy atom. The minimum atomic E-state index is -0.966. The molecular formula is C12H24N2O3. The maximum atomic E-state index is 11.7. The van der Waals surface area contributed by atoms with Crippen molar-refractivity contribution in [1.29, 1.82) is 0 Å². The molecule has 0 rings (SSSR count). The number of hydrogen-bond donors (Lipinski definition) is 2. The van der Waals surface area contributed by atoms with Gasteiger partial charge in [0.25, 0.3) is 0 Å². The molecule has 0 radical (unpaired) electrons. The number of urea groups is 1. The van der Waals surface area contributed by atoms with Crippen molar-refractivity contribution in [2.75, 3.05) is 19.6 Å². The molecule has 5 nitrogen and oxygen atoms in total. The van der Waals surface area contributed by atoms with Crippen LogP contribution in [0.15, 0.2) is 0 Å². The van der Waals surface area contributed by atoms with E-state index < -0.39 is 5.97 Å². The summed E-state index contributed by atoms with van der Waals surface area (Å²) in [4.78, 5) is 23.7. The SMILES string of the molecule is CCCCCCN(CC(=O)O)C(=O)NCCC. The zero-order valence-electron chi connectivity index (χ0n) is 10.9. The first kappa shape index (κ1) is 15.7. The summed E-state index contributed by atoms with van der Waals surface area (Å²) in [5, 5.41) is 11.4. The van der Waals surface area contributed by atoms with E-state index in [2.05, 4.69) is 12.2 Å². The molecule has 100 valence electrons. The van der Waals surface area contributed by atoms with Gasteiger partial charge in [0.15, 0.2) is 0 Å². The fraction of sp³-hybridized carbons (Fsp3) is 0.833. The molecule has 0 atom stereocenters. The Morgan fingerprint density at radius 3 is 2.35 bits per heavy atom. The van der Waals surface area contributed by atoms with Crippen LogP contribution in [0.1, 0.15) is 46.0 Å². The predicted octanol–water partition coefficient (Wildman–Crippen LogP) is 2.07. The largest absolute Gasteiger partial charge is 0.480 e. The number of carbonyl (C=O) groups excluding carboxylic acids is 1. The smallest absolute Gasteiger partial charge is 0.323 e. The van der Waals surface area contributed by atoms with Crippen LogP contribution < -0.4 is 5.32 Å². The quantitative estimate of drug-likeness (QED) is 0.610. The molecule has 2 amide bonds. The number of carbonyl (C=O) groups is 2. The van der Waals surface area contributed by atoms with E-state index in [4.69, 9.17) is 5.11 Å². The lowest BCUT2D eigenvalue weighted by Crippen LogP contribution is -2.43. The zero-order valence-corrected chi connectivity index (χ0v) is 10.9.